The first-order valence-electron chi connectivity index (χ1n) is 8.78. The number of carbonyl (C=O) groups is 1. The third kappa shape index (κ3) is 9.37. The minimum absolute atomic E-state index is 0. The number of halogens is 1. The Kier molecular flexibility index (Phi) is 11.6. The quantitative estimate of drug-likeness (QED) is 0.224. The van der Waals surface area contributed by atoms with Gasteiger partial charge in [-0.2, -0.15) is 0 Å². The van der Waals surface area contributed by atoms with Crippen molar-refractivity contribution in [2.24, 2.45) is 22.1 Å². The lowest BCUT2D eigenvalue weighted by Gasteiger charge is -2.19. The molecule has 0 unspecified atom stereocenters. The van der Waals surface area contributed by atoms with Crippen LogP contribution in [0, 0.1) is 11.3 Å². The molecule has 0 bridgehead atoms. The molecule has 5 nitrogen and oxygen atoms in total. The van der Waals surface area contributed by atoms with Crippen molar-refractivity contribution in [1.29, 1.82) is 0 Å². The highest BCUT2D eigenvalue weighted by molar-refractivity contribution is 14.0. The van der Waals surface area contributed by atoms with Gasteiger partial charge in [-0.25, -0.2) is 0 Å². The van der Waals surface area contributed by atoms with Crippen molar-refractivity contribution in [3.8, 4) is 0 Å². The number of unbranched alkanes of at least 4 members (excludes halogenated alkanes) is 1. The molecule has 1 aliphatic rings. The summed E-state index contributed by atoms with van der Waals surface area (Å²) in [6, 6.07) is 0. The van der Waals surface area contributed by atoms with E-state index in [9.17, 15) is 4.79 Å². The second-order valence-corrected chi connectivity index (χ2v) is 7.02. The monoisotopic (exact) mass is 438 g/mol. The largest absolute Gasteiger partial charge is 0.369 e. The lowest BCUT2D eigenvalue weighted by molar-refractivity contribution is -0.125. The molecule has 0 aromatic heterocycles. The van der Waals surface area contributed by atoms with E-state index in [0.29, 0.717) is 6.54 Å². The molecule has 0 aromatic rings. The summed E-state index contributed by atoms with van der Waals surface area (Å²) in [6.45, 7) is 7.82. The van der Waals surface area contributed by atoms with Gasteiger partial charge in [0.15, 0.2) is 5.96 Å². The Bertz CT molecular complexity index is 366. The van der Waals surface area contributed by atoms with Crippen molar-refractivity contribution in [2.45, 2.75) is 65.7 Å². The third-order valence-corrected chi connectivity index (χ3v) is 4.45. The van der Waals surface area contributed by atoms with E-state index in [2.05, 4.69) is 15.6 Å². The molecule has 1 amide bonds. The number of amides is 1. The van der Waals surface area contributed by atoms with Crippen LogP contribution in [0.25, 0.3) is 0 Å². The molecule has 0 aliphatic heterocycles. The Morgan fingerprint density at radius 3 is 2.43 bits per heavy atom. The SMILES string of the molecule is CCNC(=NCC(C)(C)C(N)=O)NCCCCC1CCCC1.I. The van der Waals surface area contributed by atoms with Crippen LogP contribution in [-0.2, 0) is 4.79 Å². The van der Waals surface area contributed by atoms with Gasteiger partial charge in [0.05, 0.1) is 12.0 Å². The Morgan fingerprint density at radius 1 is 1.22 bits per heavy atom. The fourth-order valence-electron chi connectivity index (χ4n) is 2.76. The zero-order valence-electron chi connectivity index (χ0n) is 15.0. The molecule has 0 radical (unpaired) electrons. The highest BCUT2D eigenvalue weighted by Crippen LogP contribution is 2.28. The van der Waals surface area contributed by atoms with Crippen LogP contribution in [0.5, 0.6) is 0 Å². The molecule has 0 aromatic carbocycles. The van der Waals surface area contributed by atoms with Crippen molar-refractivity contribution in [1.82, 2.24) is 10.6 Å². The van der Waals surface area contributed by atoms with E-state index in [1.54, 1.807) is 0 Å². The maximum Gasteiger partial charge on any atom is 0.224 e. The summed E-state index contributed by atoms with van der Waals surface area (Å²) in [4.78, 5) is 15.8. The highest BCUT2D eigenvalue weighted by atomic mass is 127. The van der Waals surface area contributed by atoms with Crippen molar-refractivity contribution < 1.29 is 4.79 Å². The summed E-state index contributed by atoms with van der Waals surface area (Å²) in [7, 11) is 0. The molecule has 1 saturated carbocycles. The van der Waals surface area contributed by atoms with Gasteiger partial charge in [0.1, 0.15) is 0 Å². The first kappa shape index (κ1) is 22.5. The first-order chi connectivity index (χ1) is 10.5. The number of nitrogens with two attached hydrogens (primary N) is 1. The predicted octanol–water partition coefficient (Wildman–Crippen LogP) is 3.03. The van der Waals surface area contributed by atoms with Gasteiger partial charge in [0, 0.05) is 13.1 Å². The number of primary amides is 1. The fourth-order valence-corrected chi connectivity index (χ4v) is 2.76. The first-order valence-corrected chi connectivity index (χ1v) is 8.78. The van der Waals surface area contributed by atoms with Crippen LogP contribution in [0.3, 0.4) is 0 Å². The van der Waals surface area contributed by atoms with E-state index in [1.807, 2.05) is 20.8 Å². The Hall–Kier alpha value is -0.530. The number of carbonyl (C=O) groups excluding carboxylic acids is 1. The summed E-state index contributed by atoms with van der Waals surface area (Å²) in [6.07, 6.45) is 9.53. The summed E-state index contributed by atoms with van der Waals surface area (Å²) >= 11 is 0. The van der Waals surface area contributed by atoms with Gasteiger partial charge >= 0.3 is 0 Å². The zero-order chi connectivity index (χ0) is 16.4. The number of guanidine groups is 1. The molecule has 6 heteroatoms. The fraction of sp³-hybridized carbons (Fsp3) is 0.882. The Morgan fingerprint density at radius 2 is 1.87 bits per heavy atom. The van der Waals surface area contributed by atoms with Crippen LogP contribution < -0.4 is 16.4 Å². The van der Waals surface area contributed by atoms with E-state index >= 15 is 0 Å². The average Bonchev–Trinajstić information content (AvgIpc) is 2.97. The summed E-state index contributed by atoms with van der Waals surface area (Å²) in [5, 5.41) is 6.56. The van der Waals surface area contributed by atoms with Crippen molar-refractivity contribution in [3.63, 3.8) is 0 Å². The topological polar surface area (TPSA) is 79.5 Å². The Balaban J connectivity index is 0.00000484. The smallest absolute Gasteiger partial charge is 0.224 e. The van der Waals surface area contributed by atoms with Gasteiger partial charge in [0.25, 0.3) is 0 Å². The lowest BCUT2D eigenvalue weighted by atomic mass is 9.93. The molecule has 136 valence electrons. The molecule has 0 atom stereocenters. The van der Waals surface area contributed by atoms with E-state index in [0.717, 1.165) is 25.0 Å². The van der Waals surface area contributed by atoms with E-state index in [1.165, 1.54) is 44.9 Å². The minimum atomic E-state index is -0.606. The molecule has 1 aliphatic carbocycles. The Labute approximate surface area is 158 Å². The predicted molar refractivity (Wildman–Crippen MR) is 108 cm³/mol. The molecule has 1 fully saturated rings. The number of rotatable bonds is 9. The molecule has 23 heavy (non-hydrogen) atoms. The van der Waals surface area contributed by atoms with Crippen LogP contribution in [-0.4, -0.2) is 31.5 Å². The van der Waals surface area contributed by atoms with Crippen LogP contribution in [0.2, 0.25) is 0 Å². The van der Waals surface area contributed by atoms with Crippen LogP contribution in [0.4, 0.5) is 0 Å². The zero-order valence-corrected chi connectivity index (χ0v) is 17.3. The molecular formula is C17H35IN4O. The summed E-state index contributed by atoms with van der Waals surface area (Å²) < 4.78 is 0. The maximum absolute atomic E-state index is 11.3. The van der Waals surface area contributed by atoms with Crippen LogP contribution in [0.15, 0.2) is 4.99 Å². The lowest BCUT2D eigenvalue weighted by Crippen LogP contribution is -2.40. The van der Waals surface area contributed by atoms with Gasteiger partial charge in [-0.05, 0) is 33.1 Å². The maximum atomic E-state index is 11.3. The summed E-state index contributed by atoms with van der Waals surface area (Å²) in [5.41, 5.74) is 4.77. The summed E-state index contributed by atoms with van der Waals surface area (Å²) in [5.74, 6) is 1.43. The van der Waals surface area contributed by atoms with Crippen molar-refractivity contribution in [3.05, 3.63) is 0 Å². The van der Waals surface area contributed by atoms with Gasteiger partial charge in [-0.3, -0.25) is 9.79 Å². The standard InChI is InChI=1S/C17H34N4O.HI/c1-4-19-16(21-13-17(2,3)15(18)22)20-12-8-7-11-14-9-5-6-10-14;/h14H,4-13H2,1-3H3,(H2,18,22)(H2,19,20,21);1H. The van der Waals surface area contributed by atoms with E-state index < -0.39 is 5.41 Å². The molecule has 0 spiro atoms. The van der Waals surface area contributed by atoms with Crippen LogP contribution in [0.1, 0.15) is 65.7 Å². The minimum Gasteiger partial charge on any atom is -0.369 e. The van der Waals surface area contributed by atoms with Gasteiger partial charge in [0.2, 0.25) is 5.91 Å². The molecule has 1 rings (SSSR count). The van der Waals surface area contributed by atoms with E-state index in [4.69, 9.17) is 5.73 Å². The molecule has 4 N–H and O–H groups in total. The number of nitrogens with one attached hydrogen (secondary N) is 2. The highest BCUT2D eigenvalue weighted by Gasteiger charge is 2.24. The second-order valence-electron chi connectivity index (χ2n) is 7.02. The number of hydrogen-bond donors (Lipinski definition) is 3. The van der Waals surface area contributed by atoms with Gasteiger partial charge in [-0.1, -0.05) is 38.5 Å². The molecule has 0 saturated heterocycles. The van der Waals surface area contributed by atoms with Gasteiger partial charge in [-0.15, -0.1) is 24.0 Å². The normalized spacial score (nSPS) is 16.0. The number of hydrogen-bond acceptors (Lipinski definition) is 2. The third-order valence-electron chi connectivity index (χ3n) is 4.45. The average molecular weight is 438 g/mol. The van der Waals surface area contributed by atoms with Crippen LogP contribution >= 0.6 is 24.0 Å². The van der Waals surface area contributed by atoms with E-state index in [-0.39, 0.29) is 29.9 Å². The molecule has 0 heterocycles. The second kappa shape index (κ2) is 11.9. The van der Waals surface area contributed by atoms with Crippen molar-refractivity contribution >= 4 is 35.8 Å². The van der Waals surface area contributed by atoms with Gasteiger partial charge < -0.3 is 16.4 Å². The van der Waals surface area contributed by atoms with Crippen molar-refractivity contribution in [2.75, 3.05) is 19.6 Å². The number of aliphatic imine (C=N–C) groups is 1. The number of nitrogens with zero attached hydrogens (tertiary/aromatic N) is 1. The molecular weight excluding hydrogens is 403 g/mol.